The van der Waals surface area contributed by atoms with Crippen molar-refractivity contribution in [3.63, 3.8) is 0 Å². The standard InChI is InChI=1S/C11H12O5/c1-14-9-7(11(12)13)3-4-8-10(9)16-6-2-5-15-8/h3-4H,2,5-6H2,1H3,(H,12,13). The van der Waals surface area contributed by atoms with Crippen molar-refractivity contribution in [3.05, 3.63) is 17.7 Å². The number of carbonyl (C=O) groups is 1. The first-order chi connectivity index (χ1) is 7.74. The molecule has 0 bridgehead atoms. The van der Waals surface area contributed by atoms with Gasteiger partial charge in [0.15, 0.2) is 11.5 Å². The van der Waals surface area contributed by atoms with Crippen LogP contribution in [-0.4, -0.2) is 31.4 Å². The van der Waals surface area contributed by atoms with Crippen LogP contribution in [0, 0.1) is 0 Å². The van der Waals surface area contributed by atoms with Crippen molar-refractivity contribution < 1.29 is 24.1 Å². The fraction of sp³-hybridized carbons (Fsp3) is 0.364. The maximum atomic E-state index is 11.0. The van der Waals surface area contributed by atoms with Crippen LogP contribution in [0.15, 0.2) is 12.1 Å². The van der Waals surface area contributed by atoms with Crippen LogP contribution < -0.4 is 14.2 Å². The van der Waals surface area contributed by atoms with Crippen LogP contribution in [0.2, 0.25) is 0 Å². The van der Waals surface area contributed by atoms with Crippen molar-refractivity contribution in [1.82, 2.24) is 0 Å². The van der Waals surface area contributed by atoms with Gasteiger partial charge in [0, 0.05) is 6.42 Å². The molecule has 0 unspecified atom stereocenters. The van der Waals surface area contributed by atoms with Crippen LogP contribution in [0.1, 0.15) is 16.8 Å². The summed E-state index contributed by atoms with van der Waals surface area (Å²) in [7, 11) is 1.41. The third-order valence-electron chi connectivity index (χ3n) is 2.30. The number of fused-ring (bicyclic) bond motifs is 1. The van der Waals surface area contributed by atoms with Crippen molar-refractivity contribution in [2.24, 2.45) is 0 Å². The van der Waals surface area contributed by atoms with Crippen LogP contribution in [0.4, 0.5) is 0 Å². The van der Waals surface area contributed by atoms with E-state index in [2.05, 4.69) is 0 Å². The lowest BCUT2D eigenvalue weighted by molar-refractivity contribution is 0.0692. The summed E-state index contributed by atoms with van der Waals surface area (Å²) in [4.78, 5) is 11.0. The van der Waals surface area contributed by atoms with E-state index < -0.39 is 5.97 Å². The van der Waals surface area contributed by atoms with Crippen LogP contribution in [0.5, 0.6) is 17.2 Å². The molecule has 2 rings (SSSR count). The fourth-order valence-electron chi connectivity index (χ4n) is 1.58. The van der Waals surface area contributed by atoms with Crippen molar-refractivity contribution >= 4 is 5.97 Å². The van der Waals surface area contributed by atoms with Crippen LogP contribution in [-0.2, 0) is 0 Å². The monoisotopic (exact) mass is 224 g/mol. The fourth-order valence-corrected chi connectivity index (χ4v) is 1.58. The zero-order chi connectivity index (χ0) is 11.5. The highest BCUT2D eigenvalue weighted by molar-refractivity contribution is 5.92. The Bertz CT molecular complexity index is 413. The van der Waals surface area contributed by atoms with Gasteiger partial charge in [0.05, 0.1) is 20.3 Å². The van der Waals surface area contributed by atoms with Gasteiger partial charge in [-0.05, 0) is 12.1 Å². The topological polar surface area (TPSA) is 65.0 Å². The molecule has 86 valence electrons. The van der Waals surface area contributed by atoms with E-state index in [9.17, 15) is 4.79 Å². The number of carboxylic acid groups (broad SMARTS) is 1. The smallest absolute Gasteiger partial charge is 0.339 e. The van der Waals surface area contributed by atoms with Crippen molar-refractivity contribution in [3.8, 4) is 17.2 Å². The SMILES string of the molecule is COc1c(C(=O)O)ccc2c1OCCCO2. The lowest BCUT2D eigenvalue weighted by atomic mass is 10.1. The number of hydrogen-bond donors (Lipinski definition) is 1. The van der Waals surface area contributed by atoms with Gasteiger partial charge in [-0.15, -0.1) is 0 Å². The molecule has 1 N–H and O–H groups in total. The predicted molar refractivity (Wildman–Crippen MR) is 55.6 cm³/mol. The van der Waals surface area contributed by atoms with Gasteiger partial charge in [0.2, 0.25) is 5.75 Å². The number of ether oxygens (including phenoxy) is 3. The third-order valence-corrected chi connectivity index (χ3v) is 2.30. The Kier molecular flexibility index (Phi) is 2.85. The molecule has 16 heavy (non-hydrogen) atoms. The molecule has 5 heteroatoms. The van der Waals surface area contributed by atoms with E-state index in [-0.39, 0.29) is 11.3 Å². The zero-order valence-corrected chi connectivity index (χ0v) is 8.86. The minimum Gasteiger partial charge on any atom is -0.492 e. The van der Waals surface area contributed by atoms with E-state index in [1.165, 1.54) is 13.2 Å². The molecule has 1 aliphatic heterocycles. The predicted octanol–water partition coefficient (Wildman–Crippen LogP) is 1.55. The minimum absolute atomic E-state index is 0.0757. The number of hydrogen-bond acceptors (Lipinski definition) is 4. The summed E-state index contributed by atoms with van der Waals surface area (Å²) in [6.07, 6.45) is 0.764. The molecule has 1 heterocycles. The second kappa shape index (κ2) is 4.30. The zero-order valence-electron chi connectivity index (χ0n) is 8.86. The maximum absolute atomic E-state index is 11.0. The summed E-state index contributed by atoms with van der Waals surface area (Å²) < 4.78 is 16.0. The van der Waals surface area contributed by atoms with E-state index in [1.54, 1.807) is 6.07 Å². The van der Waals surface area contributed by atoms with E-state index in [4.69, 9.17) is 19.3 Å². The number of aromatic carboxylic acids is 1. The van der Waals surface area contributed by atoms with Crippen molar-refractivity contribution in [1.29, 1.82) is 0 Å². The van der Waals surface area contributed by atoms with Gasteiger partial charge >= 0.3 is 5.97 Å². The lowest BCUT2D eigenvalue weighted by Gasteiger charge is -2.13. The molecule has 0 saturated carbocycles. The van der Waals surface area contributed by atoms with Crippen molar-refractivity contribution in [2.75, 3.05) is 20.3 Å². The first-order valence-electron chi connectivity index (χ1n) is 4.94. The quantitative estimate of drug-likeness (QED) is 0.825. The molecule has 0 radical (unpaired) electrons. The van der Waals surface area contributed by atoms with Crippen LogP contribution in [0.3, 0.4) is 0 Å². The first-order valence-corrected chi connectivity index (χ1v) is 4.94. The molecule has 0 aliphatic carbocycles. The van der Waals surface area contributed by atoms with Crippen LogP contribution >= 0.6 is 0 Å². The highest BCUT2D eigenvalue weighted by Crippen LogP contribution is 2.41. The molecule has 0 amide bonds. The maximum Gasteiger partial charge on any atom is 0.339 e. The molecule has 1 aliphatic rings. The van der Waals surface area contributed by atoms with E-state index in [1.807, 2.05) is 0 Å². The molecule has 0 atom stereocenters. The normalized spacial score (nSPS) is 14.1. The van der Waals surface area contributed by atoms with Gasteiger partial charge in [-0.3, -0.25) is 0 Å². The second-order valence-electron chi connectivity index (χ2n) is 3.33. The molecule has 0 fully saturated rings. The molecule has 1 aromatic carbocycles. The summed E-state index contributed by atoms with van der Waals surface area (Å²) in [5, 5.41) is 8.99. The van der Waals surface area contributed by atoms with Gasteiger partial charge in [-0.1, -0.05) is 0 Å². The number of benzene rings is 1. The molecule has 0 saturated heterocycles. The highest BCUT2D eigenvalue weighted by Gasteiger charge is 2.22. The number of carboxylic acids is 1. The average Bonchev–Trinajstić information content (AvgIpc) is 2.52. The summed E-state index contributed by atoms with van der Waals surface area (Å²) in [5.41, 5.74) is 0.0757. The summed E-state index contributed by atoms with van der Waals surface area (Å²) in [5.74, 6) is 0.0682. The summed E-state index contributed by atoms with van der Waals surface area (Å²) in [6.45, 7) is 1.05. The van der Waals surface area contributed by atoms with E-state index >= 15 is 0 Å². The largest absolute Gasteiger partial charge is 0.492 e. The Morgan fingerprint density at radius 1 is 1.38 bits per heavy atom. The second-order valence-corrected chi connectivity index (χ2v) is 3.33. The molecule has 1 aromatic rings. The minimum atomic E-state index is -1.05. The number of methoxy groups -OCH3 is 1. The van der Waals surface area contributed by atoms with Gasteiger partial charge in [0.1, 0.15) is 5.56 Å². The van der Waals surface area contributed by atoms with Gasteiger partial charge in [-0.2, -0.15) is 0 Å². The van der Waals surface area contributed by atoms with E-state index in [0.29, 0.717) is 24.7 Å². The lowest BCUT2D eigenvalue weighted by Crippen LogP contribution is -2.03. The van der Waals surface area contributed by atoms with Crippen molar-refractivity contribution in [2.45, 2.75) is 6.42 Å². The first kappa shape index (κ1) is 10.6. The Morgan fingerprint density at radius 3 is 2.81 bits per heavy atom. The number of rotatable bonds is 2. The molecule has 0 aromatic heterocycles. The third kappa shape index (κ3) is 1.76. The molecule has 0 spiro atoms. The summed E-state index contributed by atoms with van der Waals surface area (Å²) >= 11 is 0. The van der Waals surface area contributed by atoms with Gasteiger partial charge in [0.25, 0.3) is 0 Å². The average molecular weight is 224 g/mol. The molecule has 5 nitrogen and oxygen atoms in total. The Balaban J connectivity index is 2.54. The molecular weight excluding hydrogens is 212 g/mol. The van der Waals surface area contributed by atoms with Crippen LogP contribution in [0.25, 0.3) is 0 Å². The Morgan fingerprint density at radius 2 is 2.12 bits per heavy atom. The Labute approximate surface area is 92.5 Å². The van der Waals surface area contributed by atoms with Gasteiger partial charge < -0.3 is 19.3 Å². The molecular formula is C11H12O5. The Hall–Kier alpha value is -1.91. The highest BCUT2D eigenvalue weighted by atomic mass is 16.5. The van der Waals surface area contributed by atoms with Gasteiger partial charge in [-0.25, -0.2) is 4.79 Å². The summed E-state index contributed by atoms with van der Waals surface area (Å²) in [6, 6.07) is 3.04. The van der Waals surface area contributed by atoms with E-state index in [0.717, 1.165) is 6.42 Å².